The molecule has 0 spiro atoms. The molecule has 22 heavy (non-hydrogen) atoms. The van der Waals surface area contributed by atoms with Crippen LogP contribution in [0.3, 0.4) is 0 Å². The number of aliphatic hydroxyl groups is 1. The lowest BCUT2D eigenvalue weighted by Gasteiger charge is -2.34. The van der Waals surface area contributed by atoms with Gasteiger partial charge in [-0.3, -0.25) is 4.79 Å². The zero-order chi connectivity index (χ0) is 16.0. The molecule has 0 saturated carbocycles. The molecule has 0 bridgehead atoms. The summed E-state index contributed by atoms with van der Waals surface area (Å²) >= 11 is 0. The van der Waals surface area contributed by atoms with Crippen LogP contribution >= 0.6 is 0 Å². The first-order valence-electron chi connectivity index (χ1n) is 7.96. The first-order valence-corrected chi connectivity index (χ1v) is 7.96. The molecule has 2 heteroatoms. The van der Waals surface area contributed by atoms with Crippen molar-refractivity contribution in [2.75, 3.05) is 0 Å². The summed E-state index contributed by atoms with van der Waals surface area (Å²) in [5, 5.41) is 11.3. The Labute approximate surface area is 132 Å². The summed E-state index contributed by atoms with van der Waals surface area (Å²) in [5.74, 6) is -0.494. The van der Waals surface area contributed by atoms with E-state index in [2.05, 4.69) is 6.92 Å². The molecule has 0 saturated heterocycles. The van der Waals surface area contributed by atoms with E-state index >= 15 is 0 Å². The Morgan fingerprint density at radius 2 is 1.59 bits per heavy atom. The van der Waals surface area contributed by atoms with Crippen molar-refractivity contribution in [3.05, 3.63) is 71.8 Å². The highest BCUT2D eigenvalue weighted by molar-refractivity contribution is 5.98. The molecule has 0 aliphatic carbocycles. The lowest BCUT2D eigenvalue weighted by atomic mass is 9.75. The van der Waals surface area contributed by atoms with E-state index in [1.807, 2.05) is 67.6 Å². The van der Waals surface area contributed by atoms with Crippen LogP contribution in [-0.2, 0) is 5.60 Å². The fourth-order valence-electron chi connectivity index (χ4n) is 2.85. The number of ketones is 1. The summed E-state index contributed by atoms with van der Waals surface area (Å²) < 4.78 is 0. The van der Waals surface area contributed by atoms with Gasteiger partial charge in [0.2, 0.25) is 0 Å². The topological polar surface area (TPSA) is 37.3 Å². The summed E-state index contributed by atoms with van der Waals surface area (Å²) in [4.78, 5) is 12.8. The minimum Gasteiger partial charge on any atom is -0.384 e. The van der Waals surface area contributed by atoms with E-state index in [1.54, 1.807) is 0 Å². The molecular formula is C20H24O2. The standard InChI is InChI=1S/C20H24O2/c1-3-4-15-20(22,18-13-9-6-10-14-18)16(2)19(21)17-11-7-5-8-12-17/h5-14,16,22H,3-4,15H2,1-2H3/t16-,20-/m0/s1. The number of carbonyl (C=O) groups is 1. The molecule has 0 radical (unpaired) electrons. The molecule has 2 rings (SSSR count). The average molecular weight is 296 g/mol. The molecule has 0 amide bonds. The molecule has 0 fully saturated rings. The van der Waals surface area contributed by atoms with Crippen LogP contribution in [0.4, 0.5) is 0 Å². The first-order chi connectivity index (χ1) is 10.6. The molecule has 116 valence electrons. The van der Waals surface area contributed by atoms with E-state index in [0.29, 0.717) is 12.0 Å². The van der Waals surface area contributed by atoms with Crippen LogP contribution in [0.1, 0.15) is 49.0 Å². The van der Waals surface area contributed by atoms with Gasteiger partial charge in [0.05, 0.1) is 11.5 Å². The van der Waals surface area contributed by atoms with Crippen molar-refractivity contribution >= 4 is 5.78 Å². The Morgan fingerprint density at radius 1 is 1.05 bits per heavy atom. The van der Waals surface area contributed by atoms with Crippen LogP contribution in [0.5, 0.6) is 0 Å². The number of carbonyl (C=O) groups excluding carboxylic acids is 1. The third-order valence-electron chi connectivity index (χ3n) is 4.35. The quantitative estimate of drug-likeness (QED) is 0.759. The number of Topliss-reactive ketones (excluding diaryl/α,β-unsaturated/α-hetero) is 1. The number of rotatable bonds is 7. The maximum Gasteiger partial charge on any atom is 0.168 e. The van der Waals surface area contributed by atoms with E-state index in [1.165, 1.54) is 0 Å². The van der Waals surface area contributed by atoms with E-state index in [0.717, 1.165) is 18.4 Å². The van der Waals surface area contributed by atoms with Gasteiger partial charge in [-0.05, 0) is 12.0 Å². The van der Waals surface area contributed by atoms with Crippen molar-refractivity contribution in [3.63, 3.8) is 0 Å². The number of benzene rings is 2. The molecule has 0 aliphatic rings. The largest absolute Gasteiger partial charge is 0.384 e. The predicted molar refractivity (Wildman–Crippen MR) is 89.8 cm³/mol. The minimum absolute atomic E-state index is 0.0111. The second-order valence-electron chi connectivity index (χ2n) is 5.85. The fraction of sp³-hybridized carbons (Fsp3) is 0.350. The third-order valence-corrected chi connectivity index (χ3v) is 4.35. The van der Waals surface area contributed by atoms with Gasteiger partial charge in [0.15, 0.2) is 5.78 Å². The van der Waals surface area contributed by atoms with Gasteiger partial charge in [0.1, 0.15) is 0 Å². The Kier molecular flexibility index (Phi) is 5.51. The van der Waals surface area contributed by atoms with Crippen molar-refractivity contribution in [2.45, 2.75) is 38.7 Å². The molecule has 2 aromatic carbocycles. The summed E-state index contributed by atoms with van der Waals surface area (Å²) in [6.45, 7) is 3.92. The van der Waals surface area contributed by atoms with Crippen LogP contribution in [0.25, 0.3) is 0 Å². The molecule has 1 N–H and O–H groups in total. The van der Waals surface area contributed by atoms with Gasteiger partial charge in [-0.1, -0.05) is 87.4 Å². The summed E-state index contributed by atoms with van der Waals surface area (Å²) in [5.41, 5.74) is 0.352. The van der Waals surface area contributed by atoms with Crippen molar-refractivity contribution in [3.8, 4) is 0 Å². The first kappa shape index (κ1) is 16.4. The van der Waals surface area contributed by atoms with E-state index in [4.69, 9.17) is 0 Å². The van der Waals surface area contributed by atoms with E-state index in [9.17, 15) is 9.90 Å². The second-order valence-corrected chi connectivity index (χ2v) is 5.85. The zero-order valence-electron chi connectivity index (χ0n) is 13.3. The lowest BCUT2D eigenvalue weighted by Crippen LogP contribution is -2.38. The van der Waals surface area contributed by atoms with Crippen molar-refractivity contribution in [2.24, 2.45) is 5.92 Å². The number of unbranched alkanes of at least 4 members (excludes halogenated alkanes) is 1. The van der Waals surface area contributed by atoms with Crippen LogP contribution in [-0.4, -0.2) is 10.9 Å². The Morgan fingerprint density at radius 3 is 2.14 bits per heavy atom. The highest BCUT2D eigenvalue weighted by atomic mass is 16.3. The SMILES string of the molecule is CCCC[C@@](O)(c1ccccc1)[C@@H](C)C(=O)c1ccccc1. The lowest BCUT2D eigenvalue weighted by molar-refractivity contribution is -0.0183. The zero-order valence-corrected chi connectivity index (χ0v) is 13.3. The smallest absolute Gasteiger partial charge is 0.168 e. The normalized spacial score (nSPS) is 15.0. The van der Waals surface area contributed by atoms with Gasteiger partial charge >= 0.3 is 0 Å². The monoisotopic (exact) mass is 296 g/mol. The van der Waals surface area contributed by atoms with Gasteiger partial charge in [0.25, 0.3) is 0 Å². The van der Waals surface area contributed by atoms with Gasteiger partial charge in [0, 0.05) is 5.56 Å². The Balaban J connectivity index is 2.34. The third kappa shape index (κ3) is 3.45. The summed E-state index contributed by atoms with van der Waals surface area (Å²) in [6, 6.07) is 18.8. The predicted octanol–water partition coefficient (Wildman–Crippen LogP) is 4.58. The molecule has 2 atom stereocenters. The molecule has 2 aromatic rings. The molecule has 0 unspecified atom stereocenters. The molecule has 0 heterocycles. The molecule has 2 nitrogen and oxygen atoms in total. The van der Waals surface area contributed by atoms with Gasteiger partial charge in [-0.25, -0.2) is 0 Å². The summed E-state index contributed by atoms with van der Waals surface area (Å²) in [6.07, 6.45) is 2.46. The van der Waals surface area contributed by atoms with Crippen LogP contribution < -0.4 is 0 Å². The van der Waals surface area contributed by atoms with Crippen LogP contribution in [0.15, 0.2) is 60.7 Å². The van der Waals surface area contributed by atoms with Crippen molar-refractivity contribution in [1.82, 2.24) is 0 Å². The minimum atomic E-state index is -1.12. The van der Waals surface area contributed by atoms with Gasteiger partial charge in [-0.15, -0.1) is 0 Å². The Hall–Kier alpha value is -1.93. The molecule has 0 aliphatic heterocycles. The number of hydrogen-bond donors (Lipinski definition) is 1. The van der Waals surface area contributed by atoms with E-state index in [-0.39, 0.29) is 5.78 Å². The molecular weight excluding hydrogens is 272 g/mol. The second kappa shape index (κ2) is 7.37. The van der Waals surface area contributed by atoms with Crippen LogP contribution in [0, 0.1) is 5.92 Å². The van der Waals surface area contributed by atoms with Crippen LogP contribution in [0.2, 0.25) is 0 Å². The fourth-order valence-corrected chi connectivity index (χ4v) is 2.85. The maximum atomic E-state index is 12.8. The van der Waals surface area contributed by atoms with Gasteiger partial charge in [-0.2, -0.15) is 0 Å². The summed E-state index contributed by atoms with van der Waals surface area (Å²) in [7, 11) is 0. The highest BCUT2D eigenvalue weighted by Gasteiger charge is 2.39. The van der Waals surface area contributed by atoms with E-state index < -0.39 is 11.5 Å². The maximum absolute atomic E-state index is 12.8. The van der Waals surface area contributed by atoms with Gasteiger partial charge < -0.3 is 5.11 Å². The van der Waals surface area contributed by atoms with Crippen molar-refractivity contribution in [1.29, 1.82) is 0 Å². The van der Waals surface area contributed by atoms with Crippen molar-refractivity contribution < 1.29 is 9.90 Å². The molecule has 0 aromatic heterocycles. The average Bonchev–Trinajstić information content (AvgIpc) is 2.60. The number of hydrogen-bond acceptors (Lipinski definition) is 2. The Bertz CT molecular complexity index is 592. The highest BCUT2D eigenvalue weighted by Crippen LogP contribution is 2.36.